The van der Waals surface area contributed by atoms with Crippen molar-refractivity contribution in [2.24, 2.45) is 5.16 Å². The Labute approximate surface area is 107 Å². The van der Waals surface area contributed by atoms with Crippen molar-refractivity contribution in [1.82, 2.24) is 10.3 Å². The molecule has 1 aromatic heterocycles. The van der Waals surface area contributed by atoms with E-state index in [0.29, 0.717) is 0 Å². The van der Waals surface area contributed by atoms with Crippen LogP contribution in [0.5, 0.6) is 5.75 Å². The Hall–Kier alpha value is -2.28. The number of hydrogen-bond donors (Lipinski definition) is 2. The third-order valence-corrected chi connectivity index (χ3v) is 2.38. The van der Waals surface area contributed by atoms with E-state index in [1.165, 1.54) is 0 Å². The van der Waals surface area contributed by atoms with Gasteiger partial charge in [-0.3, -0.25) is 0 Å². The smallest absolute Gasteiger partial charge is 0.206 e. The van der Waals surface area contributed by atoms with Crippen LogP contribution in [0, 0.1) is 0 Å². The molecule has 2 rings (SSSR count). The van der Waals surface area contributed by atoms with Gasteiger partial charge in [-0.05, 0) is 34.6 Å². The lowest BCUT2D eigenvalue weighted by molar-refractivity contribution is 0.305. The van der Waals surface area contributed by atoms with Crippen LogP contribution in [-0.4, -0.2) is 27.8 Å². The Balaban J connectivity index is 2.21. The van der Waals surface area contributed by atoms with Crippen molar-refractivity contribution in [3.05, 3.63) is 30.0 Å². The van der Waals surface area contributed by atoms with Crippen LogP contribution in [0.3, 0.4) is 0 Å². The van der Waals surface area contributed by atoms with Gasteiger partial charge in [0.1, 0.15) is 5.75 Å². The van der Waals surface area contributed by atoms with E-state index in [-0.39, 0.29) is 16.7 Å². The zero-order valence-electron chi connectivity index (χ0n) is 9.29. The molecule has 0 fully saturated rings. The summed E-state index contributed by atoms with van der Waals surface area (Å²) in [6.45, 7) is 0. The molecule has 0 atom stereocenters. The first-order chi connectivity index (χ1) is 8.74. The number of methoxy groups -OCH3 is 1. The Morgan fingerprint density at radius 1 is 1.39 bits per heavy atom. The largest absolute Gasteiger partial charge is 0.497 e. The van der Waals surface area contributed by atoms with Crippen molar-refractivity contribution >= 4 is 28.3 Å². The van der Waals surface area contributed by atoms with Crippen LogP contribution in [0.1, 0.15) is 5.69 Å². The molecule has 0 amide bonds. The van der Waals surface area contributed by atoms with E-state index < -0.39 is 0 Å². The molecule has 1 heterocycles. The second-order valence-corrected chi connectivity index (χ2v) is 3.56. The Morgan fingerprint density at radius 3 is 2.72 bits per heavy atom. The molecule has 0 radical (unpaired) electrons. The maximum absolute atomic E-state index is 8.57. The van der Waals surface area contributed by atoms with Crippen molar-refractivity contribution in [2.75, 3.05) is 12.4 Å². The third-order valence-electron chi connectivity index (χ3n) is 2.12. The predicted octanol–water partition coefficient (Wildman–Crippen LogP) is 2.20. The van der Waals surface area contributed by atoms with E-state index in [1.54, 1.807) is 31.4 Å². The fourth-order valence-corrected chi connectivity index (χ4v) is 1.39. The molecule has 0 saturated heterocycles. The molecule has 1 aromatic carbocycles. The number of nitrogens with zero attached hydrogens (tertiary/aromatic N) is 3. The van der Waals surface area contributed by atoms with Crippen LogP contribution >= 0.6 is 11.6 Å². The minimum atomic E-state index is -0.215. The number of halogens is 1. The second-order valence-electron chi connectivity index (χ2n) is 3.21. The average molecular weight is 269 g/mol. The molecular weight excluding hydrogens is 260 g/mol. The highest BCUT2D eigenvalue weighted by Gasteiger charge is 2.15. The van der Waals surface area contributed by atoms with Crippen LogP contribution < -0.4 is 10.1 Å². The van der Waals surface area contributed by atoms with Crippen LogP contribution in [0.4, 0.5) is 11.5 Å². The highest BCUT2D eigenvalue weighted by molar-refractivity contribution is 6.69. The summed E-state index contributed by atoms with van der Waals surface area (Å²) < 4.78 is 9.56. The molecule has 2 N–H and O–H groups in total. The van der Waals surface area contributed by atoms with E-state index in [2.05, 4.69) is 25.4 Å². The van der Waals surface area contributed by atoms with Gasteiger partial charge in [0.25, 0.3) is 0 Å². The number of hydrogen-bond acceptors (Lipinski definition) is 7. The van der Waals surface area contributed by atoms with E-state index >= 15 is 0 Å². The van der Waals surface area contributed by atoms with E-state index in [4.69, 9.17) is 21.5 Å². The van der Waals surface area contributed by atoms with Gasteiger partial charge in [-0.25, -0.2) is 4.63 Å². The normalized spacial score (nSPS) is 11.3. The molecule has 0 aliphatic carbocycles. The number of aromatic nitrogens is 2. The fraction of sp³-hybridized carbons (Fsp3) is 0.100. The van der Waals surface area contributed by atoms with Gasteiger partial charge in [-0.2, -0.15) is 0 Å². The van der Waals surface area contributed by atoms with Gasteiger partial charge >= 0.3 is 0 Å². The van der Waals surface area contributed by atoms with Crippen molar-refractivity contribution in [3.63, 3.8) is 0 Å². The molecule has 0 spiro atoms. The molecule has 0 saturated carbocycles. The summed E-state index contributed by atoms with van der Waals surface area (Å²) in [4.78, 5) is 0. The summed E-state index contributed by atoms with van der Waals surface area (Å²) in [5, 5.41) is 21.2. The lowest BCUT2D eigenvalue weighted by Gasteiger charge is -2.04. The van der Waals surface area contributed by atoms with Gasteiger partial charge in [-0.1, -0.05) is 16.8 Å². The van der Waals surface area contributed by atoms with E-state index in [1.807, 2.05) is 0 Å². The Bertz CT molecular complexity index is 553. The Kier molecular flexibility index (Phi) is 3.63. The van der Waals surface area contributed by atoms with Crippen molar-refractivity contribution in [3.8, 4) is 5.75 Å². The average Bonchev–Trinajstić information content (AvgIpc) is 2.87. The number of oxime groups is 1. The zero-order valence-corrected chi connectivity index (χ0v) is 10.0. The molecule has 94 valence electrons. The standard InChI is InChI=1S/C10H9ClN4O3/c1-17-7-4-2-6(3-5-7)12-10-8(9(11)13-16)14-18-15-10/h2-5,16H,1H3,(H,12,15)/b13-9+. The third kappa shape index (κ3) is 2.51. The van der Waals surface area contributed by atoms with Crippen molar-refractivity contribution in [2.45, 2.75) is 0 Å². The first-order valence-electron chi connectivity index (χ1n) is 4.86. The maximum Gasteiger partial charge on any atom is 0.206 e. The number of rotatable bonds is 4. The molecule has 0 bridgehead atoms. The lowest BCUT2D eigenvalue weighted by Crippen LogP contribution is -1.99. The predicted molar refractivity (Wildman–Crippen MR) is 64.8 cm³/mol. The maximum atomic E-state index is 8.57. The highest BCUT2D eigenvalue weighted by atomic mass is 35.5. The quantitative estimate of drug-likeness (QED) is 0.502. The second kappa shape index (κ2) is 5.37. The van der Waals surface area contributed by atoms with Gasteiger partial charge in [0.15, 0.2) is 5.69 Å². The molecule has 0 unspecified atom stereocenters. The summed E-state index contributed by atoms with van der Waals surface area (Å²) in [7, 11) is 1.58. The zero-order chi connectivity index (χ0) is 13.0. The first-order valence-corrected chi connectivity index (χ1v) is 5.24. The van der Waals surface area contributed by atoms with Crippen LogP contribution in [0.25, 0.3) is 0 Å². The number of nitrogens with one attached hydrogen (secondary N) is 1. The molecule has 2 aromatic rings. The van der Waals surface area contributed by atoms with Gasteiger partial charge < -0.3 is 15.3 Å². The lowest BCUT2D eigenvalue weighted by atomic mass is 10.3. The van der Waals surface area contributed by atoms with Gasteiger partial charge in [0.05, 0.1) is 7.11 Å². The van der Waals surface area contributed by atoms with Crippen molar-refractivity contribution < 1.29 is 14.6 Å². The first kappa shape index (κ1) is 12.2. The van der Waals surface area contributed by atoms with E-state index in [9.17, 15) is 0 Å². The molecule has 18 heavy (non-hydrogen) atoms. The van der Waals surface area contributed by atoms with Crippen LogP contribution in [0.2, 0.25) is 0 Å². The number of anilines is 2. The summed E-state index contributed by atoms with van der Waals surface area (Å²) in [5.41, 5.74) is 0.852. The van der Waals surface area contributed by atoms with E-state index in [0.717, 1.165) is 11.4 Å². The van der Waals surface area contributed by atoms with Gasteiger partial charge in [-0.15, -0.1) is 0 Å². The Morgan fingerprint density at radius 2 is 2.11 bits per heavy atom. The summed E-state index contributed by atoms with van der Waals surface area (Å²) in [5.74, 6) is 0.983. The number of benzene rings is 1. The fourth-order valence-electron chi connectivity index (χ4n) is 1.26. The SMILES string of the molecule is COc1ccc(Nc2nonc2/C(Cl)=N\O)cc1. The molecular formula is C10H9ClN4O3. The van der Waals surface area contributed by atoms with Crippen LogP contribution in [0.15, 0.2) is 34.1 Å². The van der Waals surface area contributed by atoms with Crippen molar-refractivity contribution in [1.29, 1.82) is 0 Å². The molecule has 0 aliphatic heterocycles. The van der Waals surface area contributed by atoms with Gasteiger partial charge in [0.2, 0.25) is 11.0 Å². The summed E-state index contributed by atoms with van der Waals surface area (Å²) in [6, 6.07) is 7.11. The summed E-state index contributed by atoms with van der Waals surface area (Å²) >= 11 is 5.63. The topological polar surface area (TPSA) is 92.8 Å². The molecule has 0 aliphatic rings. The minimum absolute atomic E-state index is 0.120. The number of ether oxygens (including phenoxy) is 1. The summed E-state index contributed by atoms with van der Waals surface area (Å²) in [6.07, 6.45) is 0. The highest BCUT2D eigenvalue weighted by Crippen LogP contribution is 2.21. The monoisotopic (exact) mass is 268 g/mol. The van der Waals surface area contributed by atoms with Gasteiger partial charge in [0, 0.05) is 5.69 Å². The molecule has 7 nitrogen and oxygen atoms in total. The van der Waals surface area contributed by atoms with Crippen LogP contribution in [-0.2, 0) is 0 Å². The minimum Gasteiger partial charge on any atom is -0.497 e. The molecule has 8 heteroatoms.